The molecule has 17 heavy (non-hydrogen) atoms. The first-order chi connectivity index (χ1) is 8.29. The molecule has 0 spiro atoms. The molecule has 2 rings (SSSR count). The highest BCUT2D eigenvalue weighted by molar-refractivity contribution is 7.80. The van der Waals surface area contributed by atoms with Crippen molar-refractivity contribution in [3.8, 4) is 0 Å². The van der Waals surface area contributed by atoms with Gasteiger partial charge in [0.05, 0.1) is 0 Å². The largest absolute Gasteiger partial charge is 0.356 e. The van der Waals surface area contributed by atoms with Gasteiger partial charge in [0.1, 0.15) is 0 Å². The average molecular weight is 251 g/mol. The van der Waals surface area contributed by atoms with Crippen LogP contribution in [-0.4, -0.2) is 37.8 Å². The minimum absolute atomic E-state index is 0.00175. The fraction of sp³-hybridized carbons (Fsp3) is 0.400. The van der Waals surface area contributed by atoms with Crippen LogP contribution in [0.25, 0.3) is 5.78 Å². The summed E-state index contributed by atoms with van der Waals surface area (Å²) in [5.41, 5.74) is 0. The standard InChI is InChI=1S/C10H13N5OS/c16-9(3-7-17)11-5-2-8-13-10-12-4-1-6-15(10)14-8/h1,4,6,17H,2-3,5,7H2,(H,11,16). The fourth-order valence-corrected chi connectivity index (χ4v) is 1.59. The van der Waals surface area contributed by atoms with E-state index in [4.69, 9.17) is 0 Å². The van der Waals surface area contributed by atoms with Gasteiger partial charge in [-0.3, -0.25) is 4.79 Å². The predicted molar refractivity (Wildman–Crippen MR) is 66.0 cm³/mol. The number of carbonyl (C=O) groups excluding carboxylic acids is 1. The number of fused-ring (bicyclic) bond motifs is 1. The van der Waals surface area contributed by atoms with Crippen LogP contribution in [0.15, 0.2) is 18.5 Å². The van der Waals surface area contributed by atoms with E-state index in [1.54, 1.807) is 23.0 Å². The maximum atomic E-state index is 11.2. The first kappa shape index (κ1) is 11.8. The van der Waals surface area contributed by atoms with Gasteiger partial charge in [-0.15, -0.1) is 5.10 Å². The van der Waals surface area contributed by atoms with Crippen LogP contribution in [0, 0.1) is 0 Å². The number of aromatic nitrogens is 4. The molecule has 2 heterocycles. The molecule has 2 aromatic rings. The molecule has 0 saturated heterocycles. The number of carbonyl (C=O) groups is 1. The predicted octanol–water partition coefficient (Wildman–Crippen LogP) is 0.103. The summed E-state index contributed by atoms with van der Waals surface area (Å²) in [6, 6.07) is 1.79. The third kappa shape index (κ3) is 3.16. The molecule has 6 nitrogen and oxygen atoms in total. The maximum absolute atomic E-state index is 11.2. The summed E-state index contributed by atoms with van der Waals surface area (Å²) in [6.45, 7) is 0.531. The van der Waals surface area contributed by atoms with Crippen LogP contribution >= 0.6 is 12.6 Å². The van der Waals surface area contributed by atoms with Gasteiger partial charge in [0.15, 0.2) is 5.82 Å². The first-order valence-electron chi connectivity index (χ1n) is 5.33. The molecule has 2 aromatic heterocycles. The van der Waals surface area contributed by atoms with E-state index >= 15 is 0 Å². The number of nitrogens with zero attached hydrogens (tertiary/aromatic N) is 4. The topological polar surface area (TPSA) is 72.2 Å². The molecule has 0 unspecified atom stereocenters. The molecular formula is C10H13N5OS. The van der Waals surface area contributed by atoms with Gasteiger partial charge >= 0.3 is 0 Å². The highest BCUT2D eigenvalue weighted by Gasteiger charge is 2.04. The quantitative estimate of drug-likeness (QED) is 0.739. The number of thiol groups is 1. The molecule has 0 atom stereocenters. The lowest BCUT2D eigenvalue weighted by atomic mass is 10.4. The summed E-state index contributed by atoms with van der Waals surface area (Å²) in [5.74, 6) is 1.81. The minimum Gasteiger partial charge on any atom is -0.356 e. The molecule has 0 bridgehead atoms. The normalized spacial score (nSPS) is 10.6. The third-order valence-electron chi connectivity index (χ3n) is 2.17. The second-order valence-corrected chi connectivity index (χ2v) is 3.91. The lowest BCUT2D eigenvalue weighted by molar-refractivity contribution is -0.120. The second-order valence-electron chi connectivity index (χ2n) is 3.47. The van der Waals surface area contributed by atoms with E-state index in [1.165, 1.54) is 0 Å². The van der Waals surface area contributed by atoms with Crippen molar-refractivity contribution in [3.05, 3.63) is 24.3 Å². The third-order valence-corrected chi connectivity index (χ3v) is 2.39. The van der Waals surface area contributed by atoms with E-state index in [0.29, 0.717) is 36.7 Å². The monoisotopic (exact) mass is 251 g/mol. The molecule has 90 valence electrons. The Morgan fingerprint density at radius 2 is 2.41 bits per heavy atom. The van der Waals surface area contributed by atoms with Crippen molar-refractivity contribution in [1.82, 2.24) is 24.9 Å². The average Bonchev–Trinajstić information content (AvgIpc) is 2.71. The van der Waals surface area contributed by atoms with Crippen molar-refractivity contribution in [2.24, 2.45) is 0 Å². The summed E-state index contributed by atoms with van der Waals surface area (Å²) in [4.78, 5) is 19.5. The molecule has 1 N–H and O–H groups in total. The van der Waals surface area contributed by atoms with Crippen molar-refractivity contribution in [1.29, 1.82) is 0 Å². The zero-order chi connectivity index (χ0) is 12.1. The van der Waals surface area contributed by atoms with Gasteiger partial charge in [0.2, 0.25) is 5.91 Å². The fourth-order valence-electron chi connectivity index (χ4n) is 1.39. The molecule has 0 saturated carbocycles. The van der Waals surface area contributed by atoms with Crippen LogP contribution in [0.3, 0.4) is 0 Å². The minimum atomic E-state index is 0.00175. The Hall–Kier alpha value is -1.63. The summed E-state index contributed by atoms with van der Waals surface area (Å²) in [6.07, 6.45) is 4.49. The van der Waals surface area contributed by atoms with E-state index in [1.807, 2.05) is 0 Å². The molecular weight excluding hydrogens is 238 g/mol. The zero-order valence-corrected chi connectivity index (χ0v) is 10.1. The van der Waals surface area contributed by atoms with Gasteiger partial charge in [-0.1, -0.05) is 0 Å². The Kier molecular flexibility index (Phi) is 3.92. The Labute approximate surface area is 104 Å². The molecule has 1 amide bonds. The number of rotatable bonds is 5. The summed E-state index contributed by atoms with van der Waals surface area (Å²) in [5, 5.41) is 7.01. The molecule has 0 aromatic carbocycles. The Bertz CT molecular complexity index is 479. The van der Waals surface area contributed by atoms with Crippen LogP contribution in [-0.2, 0) is 11.2 Å². The van der Waals surface area contributed by atoms with Crippen LogP contribution in [0.5, 0.6) is 0 Å². The van der Waals surface area contributed by atoms with E-state index < -0.39 is 0 Å². The van der Waals surface area contributed by atoms with Gasteiger partial charge in [-0.05, 0) is 11.8 Å². The lowest BCUT2D eigenvalue weighted by Crippen LogP contribution is -2.25. The van der Waals surface area contributed by atoms with Crippen LogP contribution in [0.4, 0.5) is 0 Å². The number of hydrogen-bond donors (Lipinski definition) is 2. The van der Waals surface area contributed by atoms with Crippen LogP contribution in [0.2, 0.25) is 0 Å². The zero-order valence-electron chi connectivity index (χ0n) is 9.20. The molecule has 0 fully saturated rings. The van der Waals surface area contributed by atoms with Gasteiger partial charge in [-0.2, -0.15) is 17.6 Å². The SMILES string of the molecule is O=C(CCS)NCCc1nc2ncccn2n1. The van der Waals surface area contributed by atoms with Gasteiger partial charge in [-0.25, -0.2) is 9.50 Å². The number of nitrogens with one attached hydrogen (secondary N) is 1. The smallest absolute Gasteiger partial charge is 0.252 e. The van der Waals surface area contributed by atoms with E-state index in [-0.39, 0.29) is 5.91 Å². The van der Waals surface area contributed by atoms with E-state index in [9.17, 15) is 4.79 Å². The van der Waals surface area contributed by atoms with Crippen molar-refractivity contribution < 1.29 is 4.79 Å². The second kappa shape index (κ2) is 5.62. The summed E-state index contributed by atoms with van der Waals surface area (Å²) >= 11 is 3.99. The van der Waals surface area contributed by atoms with Crippen molar-refractivity contribution in [3.63, 3.8) is 0 Å². The van der Waals surface area contributed by atoms with Crippen molar-refractivity contribution in [2.45, 2.75) is 12.8 Å². The first-order valence-corrected chi connectivity index (χ1v) is 5.96. The Morgan fingerprint density at radius 3 is 3.18 bits per heavy atom. The Morgan fingerprint density at radius 1 is 1.53 bits per heavy atom. The van der Waals surface area contributed by atoms with Gasteiger partial charge in [0, 0.05) is 31.8 Å². The summed E-state index contributed by atoms with van der Waals surface area (Å²) < 4.78 is 1.62. The van der Waals surface area contributed by atoms with E-state index in [0.717, 1.165) is 0 Å². The highest BCUT2D eigenvalue weighted by atomic mass is 32.1. The maximum Gasteiger partial charge on any atom is 0.252 e. The van der Waals surface area contributed by atoms with Crippen LogP contribution in [0.1, 0.15) is 12.2 Å². The molecule has 0 radical (unpaired) electrons. The highest BCUT2D eigenvalue weighted by Crippen LogP contribution is 1.97. The van der Waals surface area contributed by atoms with Crippen molar-refractivity contribution >= 4 is 24.3 Å². The number of hydrogen-bond acceptors (Lipinski definition) is 5. The lowest BCUT2D eigenvalue weighted by Gasteiger charge is -2.00. The van der Waals surface area contributed by atoms with E-state index in [2.05, 4.69) is 33.0 Å². The van der Waals surface area contributed by atoms with Gasteiger partial charge in [0.25, 0.3) is 5.78 Å². The Balaban J connectivity index is 1.89. The van der Waals surface area contributed by atoms with Gasteiger partial charge < -0.3 is 5.32 Å². The summed E-state index contributed by atoms with van der Waals surface area (Å²) in [7, 11) is 0. The number of amides is 1. The molecule has 0 aliphatic rings. The molecule has 0 aliphatic heterocycles. The van der Waals surface area contributed by atoms with Crippen molar-refractivity contribution in [2.75, 3.05) is 12.3 Å². The molecule has 7 heteroatoms. The van der Waals surface area contributed by atoms with Crippen LogP contribution < -0.4 is 5.32 Å². The molecule has 0 aliphatic carbocycles.